The Kier molecular flexibility index (Phi) is 2.58. The van der Waals surface area contributed by atoms with E-state index >= 15 is 0 Å². The Bertz CT molecular complexity index is 211. The third-order valence-electron chi connectivity index (χ3n) is 2.03. The van der Waals surface area contributed by atoms with Crippen molar-refractivity contribution < 1.29 is 0 Å². The van der Waals surface area contributed by atoms with Gasteiger partial charge in [-0.1, -0.05) is 0 Å². The molecule has 1 rings (SSSR count). The molecule has 0 aliphatic rings. The van der Waals surface area contributed by atoms with E-state index in [2.05, 4.69) is 36.7 Å². The Morgan fingerprint density at radius 1 is 1.36 bits per heavy atom. The van der Waals surface area contributed by atoms with Crippen LogP contribution in [0.3, 0.4) is 0 Å². The first-order chi connectivity index (χ1) is 5.29. The van der Waals surface area contributed by atoms with Crippen molar-refractivity contribution in [3.05, 3.63) is 18.0 Å². The van der Waals surface area contributed by atoms with Crippen molar-refractivity contribution in [3.8, 4) is 0 Å². The van der Waals surface area contributed by atoms with Crippen LogP contribution in [0.15, 0.2) is 12.3 Å². The molecule has 0 saturated carbocycles. The van der Waals surface area contributed by atoms with E-state index in [1.54, 1.807) is 0 Å². The number of H-pyrrole nitrogens is 1. The van der Waals surface area contributed by atoms with Crippen molar-refractivity contribution in [1.82, 2.24) is 4.98 Å². The van der Waals surface area contributed by atoms with E-state index in [-0.39, 0.29) is 0 Å². The monoisotopic (exact) mass is 152 g/mol. The number of aromatic amines is 1. The molecule has 0 bridgehead atoms. The van der Waals surface area contributed by atoms with Crippen LogP contribution in [0, 0.1) is 6.92 Å². The molecule has 0 aliphatic heterocycles. The highest BCUT2D eigenvalue weighted by molar-refractivity contribution is 5.50. The maximum atomic E-state index is 3.18. The summed E-state index contributed by atoms with van der Waals surface area (Å²) in [6, 6.07) is 2.13. The second kappa shape index (κ2) is 3.46. The molecule has 0 spiro atoms. The van der Waals surface area contributed by atoms with E-state index in [9.17, 15) is 0 Å². The van der Waals surface area contributed by atoms with Gasteiger partial charge in [-0.25, -0.2) is 0 Å². The van der Waals surface area contributed by atoms with Crippen LogP contribution < -0.4 is 4.90 Å². The van der Waals surface area contributed by atoms with Gasteiger partial charge in [0, 0.05) is 25.0 Å². The van der Waals surface area contributed by atoms with Crippen molar-refractivity contribution in [3.63, 3.8) is 0 Å². The summed E-state index contributed by atoms with van der Waals surface area (Å²) >= 11 is 0. The van der Waals surface area contributed by atoms with Gasteiger partial charge < -0.3 is 9.88 Å². The average molecular weight is 152 g/mol. The van der Waals surface area contributed by atoms with Crippen LogP contribution >= 0.6 is 0 Å². The molecule has 2 heteroatoms. The Hall–Kier alpha value is -0.920. The van der Waals surface area contributed by atoms with E-state index in [4.69, 9.17) is 0 Å². The van der Waals surface area contributed by atoms with Crippen molar-refractivity contribution in [2.45, 2.75) is 20.8 Å². The van der Waals surface area contributed by atoms with Crippen LogP contribution in [-0.4, -0.2) is 18.1 Å². The number of hydrogen-bond acceptors (Lipinski definition) is 1. The topological polar surface area (TPSA) is 19.0 Å². The van der Waals surface area contributed by atoms with Crippen LogP contribution in [0.5, 0.6) is 0 Å². The standard InChI is InChI=1S/C9H16N2/c1-4-11(5-2)9-6-7-10-8(9)3/h6-7,10H,4-5H2,1-3H3. The van der Waals surface area contributed by atoms with Crippen LogP contribution in [0.4, 0.5) is 5.69 Å². The van der Waals surface area contributed by atoms with Crippen LogP contribution in [0.25, 0.3) is 0 Å². The van der Waals surface area contributed by atoms with Crippen LogP contribution in [0.2, 0.25) is 0 Å². The minimum absolute atomic E-state index is 1.08. The molecule has 62 valence electrons. The molecule has 0 amide bonds. The SMILES string of the molecule is CCN(CC)c1cc[nH]c1C. The largest absolute Gasteiger partial charge is 0.371 e. The van der Waals surface area contributed by atoms with Gasteiger partial charge >= 0.3 is 0 Å². The molecule has 0 unspecified atom stereocenters. The summed E-state index contributed by atoms with van der Waals surface area (Å²) in [7, 11) is 0. The summed E-state index contributed by atoms with van der Waals surface area (Å²) in [6.07, 6.45) is 1.99. The average Bonchev–Trinajstić information content (AvgIpc) is 2.40. The molecule has 0 radical (unpaired) electrons. The van der Waals surface area contributed by atoms with Gasteiger partial charge in [0.05, 0.1) is 5.69 Å². The van der Waals surface area contributed by atoms with Crippen molar-refractivity contribution >= 4 is 5.69 Å². The number of nitrogens with one attached hydrogen (secondary N) is 1. The zero-order valence-electron chi connectivity index (χ0n) is 7.52. The van der Waals surface area contributed by atoms with Gasteiger partial charge in [-0.2, -0.15) is 0 Å². The molecular formula is C9H16N2. The first-order valence-corrected chi connectivity index (χ1v) is 4.18. The normalized spacial score (nSPS) is 10.1. The third kappa shape index (κ3) is 1.56. The second-order valence-electron chi connectivity index (χ2n) is 2.66. The second-order valence-corrected chi connectivity index (χ2v) is 2.66. The van der Waals surface area contributed by atoms with Gasteiger partial charge in [0.15, 0.2) is 0 Å². The smallest absolute Gasteiger partial charge is 0.0573 e. The lowest BCUT2D eigenvalue weighted by atomic mass is 10.3. The van der Waals surface area contributed by atoms with Gasteiger partial charge in [-0.15, -0.1) is 0 Å². The fourth-order valence-corrected chi connectivity index (χ4v) is 1.35. The third-order valence-corrected chi connectivity index (χ3v) is 2.03. The van der Waals surface area contributed by atoms with Crippen molar-refractivity contribution in [2.24, 2.45) is 0 Å². The summed E-state index contributed by atoms with van der Waals surface area (Å²) < 4.78 is 0. The number of aryl methyl sites for hydroxylation is 1. The summed E-state index contributed by atoms with van der Waals surface area (Å²) in [5.74, 6) is 0. The Morgan fingerprint density at radius 2 is 2.00 bits per heavy atom. The van der Waals surface area contributed by atoms with Gasteiger partial charge in [0.1, 0.15) is 0 Å². The maximum absolute atomic E-state index is 3.18. The molecule has 0 saturated heterocycles. The zero-order valence-corrected chi connectivity index (χ0v) is 7.52. The lowest BCUT2D eigenvalue weighted by molar-refractivity contribution is 0.862. The quantitative estimate of drug-likeness (QED) is 0.703. The number of hydrogen-bond donors (Lipinski definition) is 1. The minimum atomic E-state index is 1.08. The molecule has 1 aromatic heterocycles. The number of rotatable bonds is 3. The Labute approximate surface area is 68.2 Å². The first-order valence-electron chi connectivity index (χ1n) is 4.18. The molecule has 0 aliphatic carbocycles. The summed E-state index contributed by atoms with van der Waals surface area (Å²) in [4.78, 5) is 5.52. The molecule has 2 nitrogen and oxygen atoms in total. The summed E-state index contributed by atoms with van der Waals surface area (Å²) in [5.41, 5.74) is 2.59. The van der Waals surface area contributed by atoms with E-state index in [0.29, 0.717) is 0 Å². The fourth-order valence-electron chi connectivity index (χ4n) is 1.35. The van der Waals surface area contributed by atoms with Gasteiger partial charge in [0.2, 0.25) is 0 Å². The maximum Gasteiger partial charge on any atom is 0.0573 e. The Balaban J connectivity index is 2.81. The van der Waals surface area contributed by atoms with Gasteiger partial charge in [-0.3, -0.25) is 0 Å². The highest BCUT2D eigenvalue weighted by Crippen LogP contribution is 2.17. The first kappa shape index (κ1) is 8.18. The van der Waals surface area contributed by atoms with Crippen LogP contribution in [-0.2, 0) is 0 Å². The van der Waals surface area contributed by atoms with Crippen molar-refractivity contribution in [2.75, 3.05) is 18.0 Å². The van der Waals surface area contributed by atoms with E-state index in [0.717, 1.165) is 13.1 Å². The number of nitrogens with zero attached hydrogens (tertiary/aromatic N) is 1. The number of aromatic nitrogens is 1. The van der Waals surface area contributed by atoms with E-state index in [1.807, 2.05) is 6.20 Å². The molecule has 0 fully saturated rings. The Morgan fingerprint density at radius 3 is 2.36 bits per heavy atom. The number of anilines is 1. The predicted molar refractivity (Wildman–Crippen MR) is 49.1 cm³/mol. The summed E-state index contributed by atoms with van der Waals surface area (Å²) in [5, 5.41) is 0. The fraction of sp³-hybridized carbons (Fsp3) is 0.556. The molecule has 11 heavy (non-hydrogen) atoms. The van der Waals surface area contributed by atoms with Gasteiger partial charge in [-0.05, 0) is 26.8 Å². The minimum Gasteiger partial charge on any atom is -0.371 e. The molecular weight excluding hydrogens is 136 g/mol. The predicted octanol–water partition coefficient (Wildman–Crippen LogP) is 2.17. The molecule has 0 aromatic carbocycles. The lowest BCUT2D eigenvalue weighted by Crippen LogP contribution is -2.21. The van der Waals surface area contributed by atoms with E-state index in [1.165, 1.54) is 11.4 Å². The molecule has 1 N–H and O–H groups in total. The molecule has 1 heterocycles. The summed E-state index contributed by atoms with van der Waals surface area (Å²) in [6.45, 7) is 8.62. The van der Waals surface area contributed by atoms with Crippen molar-refractivity contribution in [1.29, 1.82) is 0 Å². The van der Waals surface area contributed by atoms with E-state index < -0.39 is 0 Å². The zero-order chi connectivity index (χ0) is 8.27. The molecule has 1 aromatic rings. The highest BCUT2D eigenvalue weighted by Gasteiger charge is 2.04. The molecule has 0 atom stereocenters. The lowest BCUT2D eigenvalue weighted by Gasteiger charge is -2.20. The van der Waals surface area contributed by atoms with Gasteiger partial charge in [0.25, 0.3) is 0 Å². The highest BCUT2D eigenvalue weighted by atomic mass is 15.1. The van der Waals surface area contributed by atoms with Crippen LogP contribution in [0.1, 0.15) is 19.5 Å².